The number of rotatable bonds is 7. The molecule has 0 unspecified atom stereocenters. The topological polar surface area (TPSA) is 66.4 Å². The highest BCUT2D eigenvalue weighted by molar-refractivity contribution is 5.99. The molecule has 0 radical (unpaired) electrons. The molecule has 4 aliphatic carbocycles. The summed E-state index contributed by atoms with van der Waals surface area (Å²) in [5.41, 5.74) is -2.31. The maximum Gasteiger partial charge on any atom is 0.266 e. The minimum atomic E-state index is -2.98. The number of likely N-dealkylation sites (tertiary alicyclic amines) is 1. The molecular weight excluding hydrogens is 500 g/mol. The van der Waals surface area contributed by atoms with Crippen LogP contribution in [0.1, 0.15) is 73.0 Å². The van der Waals surface area contributed by atoms with Gasteiger partial charge in [0.15, 0.2) is 0 Å². The molecule has 6 nitrogen and oxygen atoms in total. The van der Waals surface area contributed by atoms with E-state index in [9.17, 15) is 27.2 Å². The lowest BCUT2D eigenvalue weighted by Gasteiger charge is -2.66. The summed E-state index contributed by atoms with van der Waals surface area (Å²) in [6.07, 6.45) is 1.37. The second-order valence-corrected chi connectivity index (χ2v) is 11.9. The lowest BCUT2D eigenvalue weighted by molar-refractivity contribution is -0.199. The minimum Gasteiger partial charge on any atom is -0.381 e. The number of aromatic nitrogens is 1. The van der Waals surface area contributed by atoms with Crippen molar-refractivity contribution in [2.75, 3.05) is 25.5 Å². The van der Waals surface area contributed by atoms with Crippen LogP contribution in [0.25, 0.3) is 0 Å². The molecule has 0 spiro atoms. The van der Waals surface area contributed by atoms with Gasteiger partial charge in [0.2, 0.25) is 0 Å². The van der Waals surface area contributed by atoms with E-state index in [-0.39, 0.29) is 42.0 Å². The lowest BCUT2D eigenvalue weighted by Crippen LogP contribution is -2.71. The van der Waals surface area contributed by atoms with Crippen LogP contribution in [0, 0.1) is 17.7 Å². The van der Waals surface area contributed by atoms with Crippen LogP contribution in [0.4, 0.5) is 23.2 Å². The van der Waals surface area contributed by atoms with E-state index in [0.717, 1.165) is 32.0 Å². The van der Waals surface area contributed by atoms with Crippen molar-refractivity contribution in [2.45, 2.75) is 68.7 Å². The Hall–Kier alpha value is -2.88. The molecule has 5 aliphatic rings. The third-order valence-electron chi connectivity index (χ3n) is 9.19. The summed E-state index contributed by atoms with van der Waals surface area (Å²) in [6, 6.07) is 4.34. The number of carbonyl (C=O) groups excluding carboxylic acids is 1. The van der Waals surface area contributed by atoms with Gasteiger partial charge in [-0.2, -0.15) is 0 Å². The van der Waals surface area contributed by atoms with Gasteiger partial charge in [0.25, 0.3) is 17.9 Å². The van der Waals surface area contributed by atoms with Crippen molar-refractivity contribution < 1.29 is 22.4 Å². The number of carbonyl (C=O) groups is 1. The number of halogens is 4. The predicted octanol–water partition coefficient (Wildman–Crippen LogP) is 4.77. The summed E-state index contributed by atoms with van der Waals surface area (Å²) >= 11 is 0. The fraction of sp³-hybridized carbons (Fsp3) is 0.571. The molecule has 4 atom stereocenters. The number of hydrogen-bond acceptors (Lipinski definition) is 4. The molecule has 1 aliphatic heterocycles. The number of piperidine rings is 1. The van der Waals surface area contributed by atoms with Crippen molar-refractivity contribution in [2.24, 2.45) is 11.8 Å². The number of pyridine rings is 1. The Kier molecular flexibility index (Phi) is 5.90. The van der Waals surface area contributed by atoms with Crippen LogP contribution in [-0.4, -0.2) is 47.2 Å². The van der Waals surface area contributed by atoms with Crippen LogP contribution in [0.2, 0.25) is 0 Å². The van der Waals surface area contributed by atoms with Gasteiger partial charge in [-0.1, -0.05) is 18.2 Å². The van der Waals surface area contributed by atoms with Gasteiger partial charge in [-0.25, -0.2) is 17.6 Å². The monoisotopic (exact) mass is 532 g/mol. The van der Waals surface area contributed by atoms with Crippen LogP contribution in [0.15, 0.2) is 35.3 Å². The number of alkyl halides is 3. The van der Waals surface area contributed by atoms with Crippen molar-refractivity contribution in [3.63, 3.8) is 0 Å². The number of hydrogen-bond donors (Lipinski definition) is 2. The molecule has 38 heavy (non-hydrogen) atoms. The summed E-state index contributed by atoms with van der Waals surface area (Å²) in [5.74, 6) is -0.849. The van der Waals surface area contributed by atoms with Gasteiger partial charge in [-0.15, -0.1) is 0 Å². The number of anilines is 1. The SMILES string of the molecule is C[C@@H](NC(=O)c1cn(C23CC(F)(C2)C3)c(=O)cc1N[C@H]1[C@@H]2CC[C@H]1CN(C)C2)c1cccc(C(F)F)c1F. The minimum absolute atomic E-state index is 0.0499. The molecule has 7 rings (SSSR count). The van der Waals surface area contributed by atoms with Crippen molar-refractivity contribution in [3.8, 4) is 0 Å². The van der Waals surface area contributed by atoms with Gasteiger partial charge in [-0.05, 0) is 38.6 Å². The first-order valence-corrected chi connectivity index (χ1v) is 13.3. The maximum atomic E-state index is 14.8. The molecule has 1 aromatic heterocycles. The Morgan fingerprint density at radius 2 is 1.74 bits per heavy atom. The molecule has 1 saturated heterocycles. The van der Waals surface area contributed by atoms with E-state index in [4.69, 9.17) is 0 Å². The molecule has 204 valence electrons. The fourth-order valence-corrected chi connectivity index (χ4v) is 7.37. The van der Waals surface area contributed by atoms with Gasteiger partial charge in [0.1, 0.15) is 11.5 Å². The fourth-order valence-electron chi connectivity index (χ4n) is 7.37. The van der Waals surface area contributed by atoms with Gasteiger partial charge >= 0.3 is 0 Å². The van der Waals surface area contributed by atoms with E-state index in [1.54, 1.807) is 0 Å². The van der Waals surface area contributed by atoms with Crippen LogP contribution < -0.4 is 16.2 Å². The highest BCUT2D eigenvalue weighted by atomic mass is 19.3. The Bertz CT molecular complexity index is 1310. The molecule has 1 amide bonds. The molecular formula is C28H32F4N4O2. The van der Waals surface area contributed by atoms with Crippen molar-refractivity contribution in [3.05, 3.63) is 63.3 Å². The highest BCUT2D eigenvalue weighted by Crippen LogP contribution is 2.67. The quantitative estimate of drug-likeness (QED) is 0.505. The van der Waals surface area contributed by atoms with Gasteiger partial charge in [0.05, 0.1) is 28.4 Å². The summed E-state index contributed by atoms with van der Waals surface area (Å²) in [5, 5.41) is 6.22. The molecule has 2 heterocycles. The number of nitrogens with one attached hydrogen (secondary N) is 2. The lowest BCUT2D eigenvalue weighted by atomic mass is 9.47. The number of fused-ring (bicyclic) bond motifs is 2. The summed E-state index contributed by atoms with van der Waals surface area (Å²) in [7, 11) is 2.09. The maximum absolute atomic E-state index is 14.8. The Morgan fingerprint density at radius 1 is 1.11 bits per heavy atom. The summed E-state index contributed by atoms with van der Waals surface area (Å²) in [6.45, 7) is 3.37. The summed E-state index contributed by atoms with van der Waals surface area (Å²) in [4.78, 5) is 29.1. The van der Waals surface area contributed by atoms with Gasteiger partial charge in [0, 0.05) is 56.2 Å². The number of amides is 1. The molecule has 4 bridgehead atoms. The summed E-state index contributed by atoms with van der Waals surface area (Å²) < 4.78 is 57.0. The zero-order valence-corrected chi connectivity index (χ0v) is 21.4. The zero-order valence-electron chi connectivity index (χ0n) is 21.4. The molecule has 4 saturated carbocycles. The van der Waals surface area contributed by atoms with Crippen LogP contribution in [0.5, 0.6) is 0 Å². The van der Waals surface area contributed by atoms with E-state index in [2.05, 4.69) is 22.6 Å². The Morgan fingerprint density at radius 3 is 2.34 bits per heavy atom. The van der Waals surface area contributed by atoms with Gasteiger partial charge < -0.3 is 20.1 Å². The highest BCUT2D eigenvalue weighted by Gasteiger charge is 2.70. The average molecular weight is 533 g/mol. The van der Waals surface area contributed by atoms with Gasteiger partial charge in [-0.3, -0.25) is 9.59 Å². The first-order valence-electron chi connectivity index (χ1n) is 13.3. The van der Waals surface area contributed by atoms with E-state index in [0.29, 0.717) is 17.5 Å². The second-order valence-electron chi connectivity index (χ2n) is 11.9. The zero-order chi connectivity index (χ0) is 27.0. The smallest absolute Gasteiger partial charge is 0.266 e. The van der Waals surface area contributed by atoms with Crippen molar-refractivity contribution >= 4 is 11.6 Å². The van der Waals surface area contributed by atoms with Crippen LogP contribution in [-0.2, 0) is 5.54 Å². The molecule has 5 fully saturated rings. The van der Waals surface area contributed by atoms with Crippen molar-refractivity contribution in [1.29, 1.82) is 0 Å². The number of nitrogens with zero attached hydrogens (tertiary/aromatic N) is 2. The third kappa shape index (κ3) is 4.03. The Labute approximate surface area is 218 Å². The second kappa shape index (κ2) is 8.83. The average Bonchev–Trinajstić information content (AvgIpc) is 3.04. The normalized spacial score (nSPS) is 32.4. The van der Waals surface area contributed by atoms with E-state index in [1.807, 2.05) is 0 Å². The molecule has 2 aromatic rings. The van der Waals surface area contributed by atoms with E-state index >= 15 is 0 Å². The van der Waals surface area contributed by atoms with Crippen molar-refractivity contribution in [1.82, 2.24) is 14.8 Å². The van der Waals surface area contributed by atoms with E-state index in [1.165, 1.54) is 35.9 Å². The molecule has 10 heteroatoms. The van der Waals surface area contributed by atoms with Crippen LogP contribution >= 0.6 is 0 Å². The van der Waals surface area contributed by atoms with E-state index < -0.39 is 41.0 Å². The molecule has 2 N–H and O–H groups in total. The largest absolute Gasteiger partial charge is 0.381 e. The first kappa shape index (κ1) is 25.4. The van der Waals surface area contributed by atoms with Crippen LogP contribution in [0.3, 0.4) is 0 Å². The first-order chi connectivity index (χ1) is 18.0. The predicted molar refractivity (Wildman–Crippen MR) is 135 cm³/mol. The standard InChI is InChI=1S/C28H32F4N4O2/c1-15(18-4-3-5-19(23(18)29)25(30)31)33-26(38)20-11-36(28-12-27(32,13-28)14-28)22(37)8-21(20)34-24-16-6-7-17(24)10-35(2)9-16/h3-5,8,11,15-17,24-25,34H,6-7,9-10,12-14H2,1-2H3,(H,33,38)/t15-,16-,17+,24+,27?,28?/m1/s1. The third-order valence-corrected chi connectivity index (χ3v) is 9.19. The Balaban J connectivity index is 1.32. The molecule has 1 aromatic carbocycles. The number of benzene rings is 1.